The summed E-state index contributed by atoms with van der Waals surface area (Å²) in [6, 6.07) is 57.3. The van der Waals surface area contributed by atoms with E-state index in [1.165, 1.54) is 11.1 Å². The highest BCUT2D eigenvalue weighted by Gasteiger charge is 2.21. The first-order valence-electron chi connectivity index (χ1n) is 18.0. The number of aromatic nitrogens is 8. The zero-order valence-electron chi connectivity index (χ0n) is 28.7. The standard InChI is InChI=1S/C46H28N8/c1-2-10-29(11-3-1)30-18-22-34(23-19-30)51-40-24-20-31(26-42(40)52-38-16-8-6-14-36(38)49-45(51)52)32-21-25-41-43(27-32)53-39-17-9-7-15-37(39)50-46(53)54(41)44-47-28-33-12-4-5-13-35(33)48-44/h1-28H. The minimum atomic E-state index is 0.589. The SMILES string of the molecule is c1ccc(-c2ccc(-n3c4ccc(-c5ccc6c(c5)n5c7ccccc7nc5n6-c5ncc6ccccc6n5)cc4n4c5ccccc5nc34)cc2)cc1. The number of hydrogen-bond donors (Lipinski definition) is 0. The van der Waals surface area contributed by atoms with E-state index in [0.717, 1.165) is 83.4 Å². The highest BCUT2D eigenvalue weighted by Crippen LogP contribution is 2.36. The van der Waals surface area contributed by atoms with Crippen molar-refractivity contribution < 1.29 is 0 Å². The zero-order valence-corrected chi connectivity index (χ0v) is 28.7. The fourth-order valence-electron chi connectivity index (χ4n) is 8.11. The third-order valence-corrected chi connectivity index (χ3v) is 10.6. The third-order valence-electron chi connectivity index (χ3n) is 10.6. The summed E-state index contributed by atoms with van der Waals surface area (Å²) in [5.41, 5.74) is 14.7. The van der Waals surface area contributed by atoms with Crippen molar-refractivity contribution in [3.63, 3.8) is 0 Å². The quantitative estimate of drug-likeness (QED) is 0.184. The third kappa shape index (κ3) is 4.13. The van der Waals surface area contributed by atoms with E-state index in [1.807, 2.05) is 48.7 Å². The Kier molecular flexibility index (Phi) is 5.90. The van der Waals surface area contributed by atoms with Gasteiger partial charge in [-0.1, -0.05) is 97.1 Å². The van der Waals surface area contributed by atoms with Crippen LogP contribution < -0.4 is 0 Å². The molecule has 8 nitrogen and oxygen atoms in total. The summed E-state index contributed by atoms with van der Waals surface area (Å²) in [7, 11) is 0. The van der Waals surface area contributed by atoms with Crippen LogP contribution in [0.25, 0.3) is 100 Å². The normalized spacial score (nSPS) is 12.1. The van der Waals surface area contributed by atoms with Gasteiger partial charge >= 0.3 is 0 Å². The van der Waals surface area contributed by atoms with E-state index in [9.17, 15) is 0 Å². The van der Waals surface area contributed by atoms with E-state index in [0.29, 0.717) is 5.95 Å². The van der Waals surface area contributed by atoms with Crippen LogP contribution in [0.5, 0.6) is 0 Å². The molecule has 8 heteroatoms. The lowest BCUT2D eigenvalue weighted by molar-refractivity contribution is 0.984. The molecule has 252 valence electrons. The van der Waals surface area contributed by atoms with Crippen LogP contribution in [-0.2, 0) is 0 Å². The Bertz CT molecular complexity index is 3440. The molecule has 0 atom stereocenters. The Morgan fingerprint density at radius 1 is 0.352 bits per heavy atom. The molecular formula is C46H28N8. The van der Waals surface area contributed by atoms with Gasteiger partial charge in [0.2, 0.25) is 17.5 Å². The van der Waals surface area contributed by atoms with E-state index < -0.39 is 0 Å². The lowest BCUT2D eigenvalue weighted by Gasteiger charge is -2.09. The topological polar surface area (TPSA) is 70.2 Å². The fraction of sp³-hybridized carbons (Fsp3) is 0. The van der Waals surface area contributed by atoms with Crippen LogP contribution in [0.3, 0.4) is 0 Å². The van der Waals surface area contributed by atoms with Gasteiger partial charge in [0.1, 0.15) is 0 Å². The fourth-order valence-corrected chi connectivity index (χ4v) is 8.11. The molecule has 7 aromatic carbocycles. The number of hydrogen-bond acceptors (Lipinski definition) is 4. The van der Waals surface area contributed by atoms with Crippen molar-refractivity contribution in [2.24, 2.45) is 0 Å². The maximum absolute atomic E-state index is 5.16. The number of benzene rings is 7. The van der Waals surface area contributed by atoms with Crippen LogP contribution >= 0.6 is 0 Å². The van der Waals surface area contributed by atoms with Crippen molar-refractivity contribution in [1.29, 1.82) is 0 Å². The second-order valence-corrected chi connectivity index (χ2v) is 13.7. The maximum Gasteiger partial charge on any atom is 0.237 e. The van der Waals surface area contributed by atoms with Gasteiger partial charge in [0.25, 0.3) is 0 Å². The summed E-state index contributed by atoms with van der Waals surface area (Å²) < 4.78 is 8.84. The monoisotopic (exact) mass is 692 g/mol. The first kappa shape index (κ1) is 29.0. The summed E-state index contributed by atoms with van der Waals surface area (Å²) in [6.45, 7) is 0. The van der Waals surface area contributed by atoms with E-state index in [2.05, 4.69) is 139 Å². The maximum atomic E-state index is 5.16. The molecule has 0 bridgehead atoms. The summed E-state index contributed by atoms with van der Waals surface area (Å²) in [6.07, 6.45) is 1.89. The van der Waals surface area contributed by atoms with Gasteiger partial charge in [-0.25, -0.2) is 24.5 Å². The number of rotatable bonds is 4. The molecule has 5 heterocycles. The van der Waals surface area contributed by atoms with E-state index in [-0.39, 0.29) is 0 Å². The molecular weight excluding hydrogens is 665 g/mol. The molecule has 0 aliphatic rings. The highest BCUT2D eigenvalue weighted by molar-refractivity contribution is 5.97. The van der Waals surface area contributed by atoms with Gasteiger partial charge in [-0.2, -0.15) is 0 Å². The van der Waals surface area contributed by atoms with Gasteiger partial charge in [0.05, 0.1) is 49.7 Å². The summed E-state index contributed by atoms with van der Waals surface area (Å²) in [5.74, 6) is 2.24. The first-order chi connectivity index (χ1) is 26.8. The number of fused-ring (bicyclic) bond motifs is 11. The Labute approximate surface area is 307 Å². The van der Waals surface area contributed by atoms with Crippen LogP contribution in [0.4, 0.5) is 0 Å². The Morgan fingerprint density at radius 3 is 1.54 bits per heavy atom. The molecule has 5 aromatic heterocycles. The molecule has 0 amide bonds. The molecule has 0 aliphatic carbocycles. The van der Waals surface area contributed by atoms with Gasteiger partial charge < -0.3 is 0 Å². The first-order valence-corrected chi connectivity index (χ1v) is 18.0. The summed E-state index contributed by atoms with van der Waals surface area (Å²) in [5, 5.41) is 0.998. The van der Waals surface area contributed by atoms with E-state index in [1.54, 1.807) is 0 Å². The van der Waals surface area contributed by atoms with Gasteiger partial charge in [0.15, 0.2) is 0 Å². The average molecular weight is 693 g/mol. The molecule has 0 fully saturated rings. The lowest BCUT2D eigenvalue weighted by atomic mass is 10.0. The smallest absolute Gasteiger partial charge is 0.237 e. The van der Waals surface area contributed by atoms with Crippen LogP contribution in [0, 0.1) is 0 Å². The second-order valence-electron chi connectivity index (χ2n) is 13.7. The van der Waals surface area contributed by atoms with Crippen molar-refractivity contribution in [2.75, 3.05) is 0 Å². The Morgan fingerprint density at radius 2 is 0.870 bits per heavy atom. The molecule has 0 saturated carbocycles. The molecule has 0 aliphatic heterocycles. The molecule has 0 spiro atoms. The summed E-state index contributed by atoms with van der Waals surface area (Å²) >= 11 is 0. The zero-order chi connectivity index (χ0) is 35.3. The van der Waals surface area contributed by atoms with Crippen molar-refractivity contribution in [2.45, 2.75) is 0 Å². The molecule has 0 saturated heterocycles. The minimum Gasteiger partial charge on any atom is -0.278 e. The lowest BCUT2D eigenvalue weighted by Crippen LogP contribution is -2.01. The minimum absolute atomic E-state index is 0.589. The predicted molar refractivity (Wildman–Crippen MR) is 217 cm³/mol. The van der Waals surface area contributed by atoms with Gasteiger partial charge in [-0.05, 0) is 89.0 Å². The number of para-hydroxylation sites is 5. The van der Waals surface area contributed by atoms with Crippen LogP contribution in [0.15, 0.2) is 170 Å². The van der Waals surface area contributed by atoms with E-state index >= 15 is 0 Å². The largest absolute Gasteiger partial charge is 0.278 e. The number of nitrogens with zero attached hydrogens (tertiary/aromatic N) is 8. The Hall–Kier alpha value is -7.58. The average Bonchev–Trinajstić information content (AvgIpc) is 3.97. The van der Waals surface area contributed by atoms with Gasteiger partial charge in [0, 0.05) is 17.3 Å². The van der Waals surface area contributed by atoms with Gasteiger partial charge in [-0.15, -0.1) is 0 Å². The second kappa shape index (κ2) is 11.0. The molecule has 0 unspecified atom stereocenters. The van der Waals surface area contributed by atoms with Crippen molar-refractivity contribution >= 4 is 66.6 Å². The molecule has 12 aromatic rings. The molecule has 0 N–H and O–H groups in total. The number of imidazole rings is 4. The molecule has 12 rings (SSSR count). The van der Waals surface area contributed by atoms with Crippen LogP contribution in [0.2, 0.25) is 0 Å². The molecule has 54 heavy (non-hydrogen) atoms. The molecule has 0 radical (unpaired) electrons. The Balaban J connectivity index is 1.07. The predicted octanol–water partition coefficient (Wildman–Crippen LogP) is 10.5. The highest BCUT2D eigenvalue weighted by atomic mass is 15.3. The van der Waals surface area contributed by atoms with Crippen molar-refractivity contribution in [1.82, 2.24) is 37.9 Å². The van der Waals surface area contributed by atoms with Crippen LogP contribution in [0.1, 0.15) is 0 Å². The summed E-state index contributed by atoms with van der Waals surface area (Å²) in [4.78, 5) is 20.1. The van der Waals surface area contributed by atoms with Crippen molar-refractivity contribution in [3.8, 4) is 33.9 Å². The van der Waals surface area contributed by atoms with Crippen molar-refractivity contribution in [3.05, 3.63) is 170 Å². The van der Waals surface area contributed by atoms with E-state index in [4.69, 9.17) is 19.9 Å². The van der Waals surface area contributed by atoms with Crippen LogP contribution in [-0.4, -0.2) is 37.9 Å². The van der Waals surface area contributed by atoms with Gasteiger partial charge in [-0.3, -0.25) is 13.4 Å².